The standard InChI is InChI=1S/C27H32ClFN2O5S/c1-15-13-20-22(17-7-9-18(28)10-8-17)21(25(26(32)33)36-27(3,4)5)16(2)23-24(20)30(15)14-19(11-12-29)31(23)37(6,34)35/h7-10,13,19,25H,11-12,14H2,1-6H3,(H,32,33)/t19-,25-/m0/s1. The van der Waals surface area contributed by atoms with E-state index >= 15 is 0 Å². The van der Waals surface area contributed by atoms with Gasteiger partial charge in [-0.05, 0) is 75.9 Å². The summed E-state index contributed by atoms with van der Waals surface area (Å²) in [5, 5.41) is 11.6. The molecule has 0 spiro atoms. The van der Waals surface area contributed by atoms with Gasteiger partial charge in [0.15, 0.2) is 6.10 Å². The molecule has 0 saturated carbocycles. The van der Waals surface area contributed by atoms with Crippen molar-refractivity contribution in [2.45, 2.75) is 65.3 Å². The van der Waals surface area contributed by atoms with Crippen molar-refractivity contribution in [1.29, 1.82) is 0 Å². The quantitative estimate of drug-likeness (QED) is 0.388. The zero-order valence-electron chi connectivity index (χ0n) is 21.8. The molecule has 1 N–H and O–H groups in total. The van der Waals surface area contributed by atoms with Crippen molar-refractivity contribution in [3.8, 4) is 11.1 Å². The SMILES string of the molecule is Cc1c([C@H](OC(C)(C)C)C(=O)O)c(-c2ccc(Cl)cc2)c2cc(C)n3c2c1N(S(C)(=O)=O)[C@@H](CCF)C3. The third kappa shape index (κ3) is 4.96. The van der Waals surface area contributed by atoms with Crippen molar-refractivity contribution < 1.29 is 27.4 Å². The van der Waals surface area contributed by atoms with E-state index in [1.165, 1.54) is 4.31 Å². The number of carbonyl (C=O) groups is 1. The summed E-state index contributed by atoms with van der Waals surface area (Å²) in [6, 6.07) is 8.36. The first kappa shape index (κ1) is 27.4. The summed E-state index contributed by atoms with van der Waals surface area (Å²) in [5.74, 6) is -1.20. The van der Waals surface area contributed by atoms with Gasteiger partial charge >= 0.3 is 5.97 Å². The molecule has 0 radical (unpaired) electrons. The van der Waals surface area contributed by atoms with E-state index in [0.29, 0.717) is 44.8 Å². The minimum Gasteiger partial charge on any atom is -0.479 e. The molecule has 0 saturated heterocycles. The number of benzene rings is 2. The summed E-state index contributed by atoms with van der Waals surface area (Å²) in [4.78, 5) is 12.7. The molecule has 1 aromatic heterocycles. The van der Waals surface area contributed by atoms with Crippen molar-refractivity contribution in [2.24, 2.45) is 0 Å². The third-order valence-electron chi connectivity index (χ3n) is 6.66. The van der Waals surface area contributed by atoms with Crippen LogP contribution in [0, 0.1) is 13.8 Å². The number of carboxylic acids is 1. The van der Waals surface area contributed by atoms with Crippen LogP contribution in [0.25, 0.3) is 22.0 Å². The predicted molar refractivity (Wildman–Crippen MR) is 145 cm³/mol. The van der Waals surface area contributed by atoms with E-state index < -0.39 is 40.4 Å². The molecular formula is C27H32ClFN2O5S. The molecule has 0 bridgehead atoms. The second-order valence-corrected chi connectivity index (χ2v) is 12.9. The Hall–Kier alpha value is -2.62. The smallest absolute Gasteiger partial charge is 0.337 e. The van der Waals surface area contributed by atoms with E-state index in [4.69, 9.17) is 16.3 Å². The van der Waals surface area contributed by atoms with Crippen LogP contribution in [-0.4, -0.2) is 48.6 Å². The lowest BCUT2D eigenvalue weighted by Crippen LogP contribution is -2.46. The number of hydrogen-bond acceptors (Lipinski definition) is 4. The number of halogens is 2. The number of aliphatic carboxylic acids is 1. The van der Waals surface area contributed by atoms with E-state index in [1.54, 1.807) is 39.8 Å². The fourth-order valence-electron chi connectivity index (χ4n) is 5.35. The first-order valence-corrected chi connectivity index (χ1v) is 14.3. The highest BCUT2D eigenvalue weighted by Crippen LogP contribution is 2.49. The summed E-state index contributed by atoms with van der Waals surface area (Å²) in [6.45, 7) is 8.53. The molecule has 200 valence electrons. The minimum absolute atomic E-state index is 0.0141. The van der Waals surface area contributed by atoms with Gasteiger partial charge in [0.2, 0.25) is 10.0 Å². The maximum absolute atomic E-state index is 13.6. The fourth-order valence-corrected chi connectivity index (χ4v) is 6.74. The molecule has 0 unspecified atom stereocenters. The lowest BCUT2D eigenvalue weighted by Gasteiger charge is -2.39. The van der Waals surface area contributed by atoms with Gasteiger partial charge in [0.05, 0.1) is 35.8 Å². The Bertz CT molecular complexity index is 1480. The molecule has 0 fully saturated rings. The predicted octanol–water partition coefficient (Wildman–Crippen LogP) is 6.03. The summed E-state index contributed by atoms with van der Waals surface area (Å²) < 4.78 is 49.3. The Labute approximate surface area is 221 Å². The van der Waals surface area contributed by atoms with Crippen molar-refractivity contribution in [1.82, 2.24) is 4.57 Å². The van der Waals surface area contributed by atoms with Crippen molar-refractivity contribution in [2.75, 3.05) is 17.2 Å². The van der Waals surface area contributed by atoms with Gasteiger partial charge in [-0.15, -0.1) is 0 Å². The highest BCUT2D eigenvalue weighted by molar-refractivity contribution is 7.92. The monoisotopic (exact) mass is 550 g/mol. The number of hydrogen-bond donors (Lipinski definition) is 1. The summed E-state index contributed by atoms with van der Waals surface area (Å²) in [5.41, 5.74) is 3.28. The van der Waals surface area contributed by atoms with Crippen molar-refractivity contribution in [3.63, 3.8) is 0 Å². The number of nitrogens with zero attached hydrogens (tertiary/aromatic N) is 2. The van der Waals surface area contributed by atoms with Crippen LogP contribution >= 0.6 is 11.6 Å². The third-order valence-corrected chi connectivity index (χ3v) is 8.11. The van der Waals surface area contributed by atoms with E-state index in [1.807, 2.05) is 29.7 Å². The molecule has 37 heavy (non-hydrogen) atoms. The molecule has 2 atom stereocenters. The van der Waals surface area contributed by atoms with Crippen LogP contribution in [0.4, 0.5) is 10.1 Å². The maximum Gasteiger partial charge on any atom is 0.337 e. The average molecular weight is 551 g/mol. The Morgan fingerprint density at radius 2 is 1.86 bits per heavy atom. The topological polar surface area (TPSA) is 88.8 Å². The molecule has 1 aliphatic rings. The van der Waals surface area contributed by atoms with Crippen LogP contribution in [0.5, 0.6) is 0 Å². The van der Waals surface area contributed by atoms with Gasteiger partial charge in [-0.2, -0.15) is 0 Å². The number of alkyl halides is 1. The van der Waals surface area contributed by atoms with Gasteiger partial charge < -0.3 is 14.4 Å². The molecule has 1 aliphatic heterocycles. The highest BCUT2D eigenvalue weighted by Gasteiger charge is 2.40. The van der Waals surface area contributed by atoms with E-state index in [0.717, 1.165) is 17.5 Å². The van der Waals surface area contributed by atoms with Gasteiger partial charge in [0.1, 0.15) is 0 Å². The van der Waals surface area contributed by atoms with Crippen LogP contribution in [0.2, 0.25) is 5.02 Å². The Morgan fingerprint density at radius 3 is 2.38 bits per heavy atom. The molecule has 10 heteroatoms. The van der Waals surface area contributed by atoms with Gasteiger partial charge in [0.25, 0.3) is 0 Å². The average Bonchev–Trinajstić information content (AvgIpc) is 3.10. The number of sulfonamides is 1. The number of rotatable bonds is 7. The second kappa shape index (κ2) is 9.60. The van der Waals surface area contributed by atoms with Crippen LogP contribution in [0.3, 0.4) is 0 Å². The van der Waals surface area contributed by atoms with Crippen molar-refractivity contribution in [3.05, 3.63) is 52.2 Å². The number of ether oxygens (including phenoxy) is 1. The normalized spacial score (nSPS) is 16.9. The van der Waals surface area contributed by atoms with Crippen LogP contribution in [0.1, 0.15) is 50.1 Å². The minimum atomic E-state index is -3.83. The number of aryl methyl sites for hydroxylation is 1. The Balaban J connectivity index is 2.22. The largest absolute Gasteiger partial charge is 0.479 e. The van der Waals surface area contributed by atoms with Crippen LogP contribution < -0.4 is 4.31 Å². The van der Waals surface area contributed by atoms with Gasteiger partial charge in [0, 0.05) is 28.2 Å². The van der Waals surface area contributed by atoms with E-state index in [9.17, 15) is 22.7 Å². The first-order chi connectivity index (χ1) is 17.2. The molecule has 7 nitrogen and oxygen atoms in total. The Kier molecular flexibility index (Phi) is 7.11. The molecule has 4 rings (SSSR count). The van der Waals surface area contributed by atoms with E-state index in [-0.39, 0.29) is 6.42 Å². The fraction of sp³-hybridized carbons (Fsp3) is 0.444. The van der Waals surface area contributed by atoms with Gasteiger partial charge in [-0.3, -0.25) is 8.70 Å². The Morgan fingerprint density at radius 1 is 1.24 bits per heavy atom. The highest BCUT2D eigenvalue weighted by atomic mass is 35.5. The summed E-state index contributed by atoms with van der Waals surface area (Å²) in [7, 11) is -3.83. The van der Waals surface area contributed by atoms with Crippen LogP contribution in [-0.2, 0) is 26.1 Å². The van der Waals surface area contributed by atoms with Crippen molar-refractivity contribution >= 4 is 44.2 Å². The molecular weight excluding hydrogens is 519 g/mol. The zero-order valence-corrected chi connectivity index (χ0v) is 23.4. The summed E-state index contributed by atoms with van der Waals surface area (Å²) in [6.07, 6.45) is -0.277. The van der Waals surface area contributed by atoms with Gasteiger partial charge in [-0.1, -0.05) is 23.7 Å². The molecule has 0 amide bonds. The van der Waals surface area contributed by atoms with Crippen LogP contribution in [0.15, 0.2) is 30.3 Å². The second-order valence-electron chi connectivity index (χ2n) is 10.6. The number of anilines is 1. The first-order valence-electron chi connectivity index (χ1n) is 12.0. The van der Waals surface area contributed by atoms with Gasteiger partial charge in [-0.25, -0.2) is 13.2 Å². The zero-order chi connectivity index (χ0) is 27.4. The number of aromatic nitrogens is 1. The molecule has 2 heterocycles. The lowest BCUT2D eigenvalue weighted by molar-refractivity contribution is -0.160. The molecule has 3 aromatic rings. The molecule has 0 aliphatic carbocycles. The number of carboxylic acid groups (broad SMARTS) is 1. The van der Waals surface area contributed by atoms with E-state index in [2.05, 4.69) is 0 Å². The summed E-state index contributed by atoms with van der Waals surface area (Å²) >= 11 is 6.16. The lowest BCUT2D eigenvalue weighted by atomic mass is 9.87. The molecule has 2 aromatic carbocycles. The maximum atomic E-state index is 13.6.